The zero-order chi connectivity index (χ0) is 13.1. The molecule has 0 amide bonds. The summed E-state index contributed by atoms with van der Waals surface area (Å²) in [6, 6.07) is 10.4. The van der Waals surface area contributed by atoms with Crippen molar-refractivity contribution in [1.82, 2.24) is 0 Å². The molecule has 2 nitrogen and oxygen atoms in total. The van der Waals surface area contributed by atoms with Crippen LogP contribution in [-0.2, 0) is 0 Å². The van der Waals surface area contributed by atoms with Gasteiger partial charge in [-0.15, -0.1) is 0 Å². The molecule has 94 valence electrons. The number of benzene rings is 2. The van der Waals surface area contributed by atoms with E-state index in [1.54, 1.807) is 37.3 Å². The third-order valence-corrected chi connectivity index (χ3v) is 2.53. The summed E-state index contributed by atoms with van der Waals surface area (Å²) in [5.41, 5.74) is 5.83. The molecule has 18 heavy (non-hydrogen) atoms. The molecule has 0 aliphatic carbocycles. The Bertz CT molecular complexity index is 541. The molecular weight excluding hydrogens is 236 g/mol. The molecule has 0 heterocycles. The smallest absolute Gasteiger partial charge is 0.198 e. The first-order chi connectivity index (χ1) is 8.59. The molecule has 0 spiro atoms. The Morgan fingerprint density at radius 1 is 1.06 bits per heavy atom. The van der Waals surface area contributed by atoms with E-state index in [1.165, 1.54) is 6.07 Å². The molecule has 0 bridgehead atoms. The summed E-state index contributed by atoms with van der Waals surface area (Å²) in [5.74, 6) is -1.55. The zero-order valence-corrected chi connectivity index (χ0v) is 9.86. The van der Waals surface area contributed by atoms with Crippen molar-refractivity contribution in [1.29, 1.82) is 0 Å². The lowest BCUT2D eigenvalue weighted by molar-refractivity contribution is 0.402. The van der Waals surface area contributed by atoms with Gasteiger partial charge in [-0.3, -0.25) is 0 Å². The predicted molar refractivity (Wildman–Crippen MR) is 65.5 cm³/mol. The maximum absolute atomic E-state index is 14.0. The van der Waals surface area contributed by atoms with Gasteiger partial charge in [0.15, 0.2) is 17.4 Å². The van der Waals surface area contributed by atoms with Gasteiger partial charge < -0.3 is 10.5 Å². The van der Waals surface area contributed by atoms with E-state index in [0.29, 0.717) is 5.75 Å². The Kier molecular flexibility index (Phi) is 3.58. The van der Waals surface area contributed by atoms with Crippen molar-refractivity contribution >= 4 is 0 Å². The monoisotopic (exact) mass is 249 g/mol. The molecule has 0 radical (unpaired) electrons. The molecule has 4 heteroatoms. The molecule has 2 aromatic rings. The molecule has 0 fully saturated rings. The molecule has 0 aromatic heterocycles. The lowest BCUT2D eigenvalue weighted by Gasteiger charge is -2.12. The van der Waals surface area contributed by atoms with E-state index in [4.69, 9.17) is 10.5 Å². The second-order valence-corrected chi connectivity index (χ2v) is 3.98. The second kappa shape index (κ2) is 5.14. The van der Waals surface area contributed by atoms with Gasteiger partial charge in [0.25, 0.3) is 0 Å². The molecule has 1 unspecified atom stereocenters. The Labute approximate surface area is 104 Å². The standard InChI is InChI=1S/C14H13F2NO/c1-9(17)11-7-8-12(15)14(13(11)16)18-10-5-3-2-4-6-10/h2-9H,17H2,1H3. The summed E-state index contributed by atoms with van der Waals surface area (Å²) in [5, 5.41) is 0. The third kappa shape index (κ3) is 2.49. The molecule has 2 rings (SSSR count). The largest absolute Gasteiger partial charge is 0.451 e. The van der Waals surface area contributed by atoms with Gasteiger partial charge in [-0.2, -0.15) is 0 Å². The van der Waals surface area contributed by atoms with Crippen LogP contribution in [0.1, 0.15) is 18.5 Å². The van der Waals surface area contributed by atoms with Crippen molar-refractivity contribution in [2.45, 2.75) is 13.0 Å². The fourth-order valence-electron chi connectivity index (χ4n) is 1.60. The van der Waals surface area contributed by atoms with Crippen molar-refractivity contribution in [3.05, 3.63) is 59.7 Å². The van der Waals surface area contributed by atoms with Crippen LogP contribution in [0.4, 0.5) is 8.78 Å². The van der Waals surface area contributed by atoms with Crippen molar-refractivity contribution in [2.24, 2.45) is 5.73 Å². The van der Waals surface area contributed by atoms with Gasteiger partial charge in [0.1, 0.15) is 5.75 Å². The average Bonchev–Trinajstić information content (AvgIpc) is 2.35. The van der Waals surface area contributed by atoms with Crippen LogP contribution in [0.5, 0.6) is 11.5 Å². The number of hydrogen-bond donors (Lipinski definition) is 1. The van der Waals surface area contributed by atoms with Gasteiger partial charge in [-0.05, 0) is 25.1 Å². The lowest BCUT2D eigenvalue weighted by atomic mass is 10.1. The average molecular weight is 249 g/mol. The lowest BCUT2D eigenvalue weighted by Crippen LogP contribution is -2.09. The van der Waals surface area contributed by atoms with Gasteiger partial charge in [0.05, 0.1) is 0 Å². The summed E-state index contributed by atoms with van der Waals surface area (Å²) in [7, 11) is 0. The van der Waals surface area contributed by atoms with Crippen LogP contribution in [0.3, 0.4) is 0 Å². The Morgan fingerprint density at radius 2 is 1.72 bits per heavy atom. The SMILES string of the molecule is CC(N)c1ccc(F)c(Oc2ccccc2)c1F. The van der Waals surface area contributed by atoms with E-state index < -0.39 is 23.4 Å². The van der Waals surface area contributed by atoms with Gasteiger partial charge in [0.2, 0.25) is 0 Å². The van der Waals surface area contributed by atoms with E-state index in [2.05, 4.69) is 0 Å². The van der Waals surface area contributed by atoms with Crippen molar-refractivity contribution < 1.29 is 13.5 Å². The first kappa shape index (κ1) is 12.5. The van der Waals surface area contributed by atoms with Crippen molar-refractivity contribution in [3.8, 4) is 11.5 Å². The topological polar surface area (TPSA) is 35.2 Å². The number of halogens is 2. The molecule has 1 atom stereocenters. The number of rotatable bonds is 3. The molecule has 0 aliphatic heterocycles. The van der Waals surface area contributed by atoms with E-state index >= 15 is 0 Å². The number of nitrogens with two attached hydrogens (primary N) is 1. The highest BCUT2D eigenvalue weighted by Gasteiger charge is 2.17. The maximum atomic E-state index is 14.0. The maximum Gasteiger partial charge on any atom is 0.198 e. The third-order valence-electron chi connectivity index (χ3n) is 2.53. The summed E-state index contributed by atoms with van der Waals surface area (Å²) in [6.07, 6.45) is 0. The van der Waals surface area contributed by atoms with Crippen LogP contribution in [0.15, 0.2) is 42.5 Å². The molecule has 0 saturated heterocycles. The quantitative estimate of drug-likeness (QED) is 0.898. The van der Waals surface area contributed by atoms with Crippen LogP contribution in [-0.4, -0.2) is 0 Å². The fourth-order valence-corrected chi connectivity index (χ4v) is 1.60. The van der Waals surface area contributed by atoms with E-state index in [-0.39, 0.29) is 5.56 Å². The first-order valence-corrected chi connectivity index (χ1v) is 5.56. The van der Waals surface area contributed by atoms with Gasteiger partial charge in [-0.1, -0.05) is 24.3 Å². The normalized spacial score (nSPS) is 12.2. The van der Waals surface area contributed by atoms with Crippen molar-refractivity contribution in [3.63, 3.8) is 0 Å². The first-order valence-electron chi connectivity index (χ1n) is 5.56. The minimum absolute atomic E-state index is 0.224. The van der Waals surface area contributed by atoms with Crippen LogP contribution in [0.2, 0.25) is 0 Å². The molecule has 0 aliphatic rings. The summed E-state index contributed by atoms with van der Waals surface area (Å²) in [4.78, 5) is 0. The Morgan fingerprint density at radius 3 is 2.33 bits per heavy atom. The highest BCUT2D eigenvalue weighted by Crippen LogP contribution is 2.31. The van der Waals surface area contributed by atoms with Crippen LogP contribution in [0.25, 0.3) is 0 Å². The zero-order valence-electron chi connectivity index (χ0n) is 9.86. The minimum Gasteiger partial charge on any atom is -0.451 e. The van der Waals surface area contributed by atoms with Gasteiger partial charge in [-0.25, -0.2) is 8.78 Å². The molecule has 0 saturated carbocycles. The van der Waals surface area contributed by atoms with E-state index in [1.807, 2.05) is 0 Å². The van der Waals surface area contributed by atoms with Crippen LogP contribution < -0.4 is 10.5 Å². The Balaban J connectivity index is 2.41. The van der Waals surface area contributed by atoms with Gasteiger partial charge >= 0.3 is 0 Å². The van der Waals surface area contributed by atoms with E-state index in [0.717, 1.165) is 6.07 Å². The van der Waals surface area contributed by atoms with Gasteiger partial charge in [0, 0.05) is 11.6 Å². The highest BCUT2D eigenvalue weighted by molar-refractivity contribution is 5.37. The molecule has 2 N–H and O–H groups in total. The molecule has 2 aromatic carbocycles. The molecular formula is C14H13F2NO. The number of hydrogen-bond acceptors (Lipinski definition) is 2. The predicted octanol–water partition coefficient (Wildman–Crippen LogP) is 3.78. The highest BCUT2D eigenvalue weighted by atomic mass is 19.1. The van der Waals surface area contributed by atoms with E-state index in [9.17, 15) is 8.78 Å². The summed E-state index contributed by atoms with van der Waals surface area (Å²) >= 11 is 0. The summed E-state index contributed by atoms with van der Waals surface area (Å²) in [6.45, 7) is 1.63. The second-order valence-electron chi connectivity index (χ2n) is 3.98. The van der Waals surface area contributed by atoms with Crippen molar-refractivity contribution in [2.75, 3.05) is 0 Å². The van der Waals surface area contributed by atoms with Crippen LogP contribution >= 0.6 is 0 Å². The Hall–Kier alpha value is -1.94. The number of para-hydroxylation sites is 1. The minimum atomic E-state index is -0.756. The van der Waals surface area contributed by atoms with Crippen LogP contribution in [0, 0.1) is 11.6 Å². The summed E-state index contributed by atoms with van der Waals surface area (Å²) < 4.78 is 32.8. The number of ether oxygens (including phenoxy) is 1. The fraction of sp³-hybridized carbons (Fsp3) is 0.143.